The van der Waals surface area contributed by atoms with Crippen molar-refractivity contribution in [1.29, 1.82) is 0 Å². The van der Waals surface area contributed by atoms with E-state index in [0.717, 1.165) is 19.3 Å². The molecule has 0 N–H and O–H groups in total. The highest BCUT2D eigenvalue weighted by Gasteiger charge is 2.44. The first-order valence-corrected chi connectivity index (χ1v) is 8.99. The monoisotopic (exact) mass is 312 g/mol. The number of pyridine rings is 1. The first-order valence-electron chi connectivity index (χ1n) is 7.14. The third-order valence-corrected chi connectivity index (χ3v) is 5.51. The minimum atomic E-state index is -3.10. The van der Waals surface area contributed by atoms with E-state index in [1.165, 1.54) is 10.6 Å². The molecule has 0 bridgehead atoms. The van der Waals surface area contributed by atoms with Crippen molar-refractivity contribution in [1.82, 2.24) is 9.29 Å². The van der Waals surface area contributed by atoms with Crippen LogP contribution in [0.4, 0.5) is 0 Å². The van der Waals surface area contributed by atoms with Gasteiger partial charge in [0.1, 0.15) is 6.10 Å². The fraction of sp³-hybridized carbons (Fsp3) is 0.643. The van der Waals surface area contributed by atoms with E-state index in [9.17, 15) is 8.42 Å². The smallest absolute Gasteiger partial charge is 0.213 e. The molecule has 0 radical (unpaired) electrons. The second kappa shape index (κ2) is 5.55. The standard InChI is InChI=1S/C14H20N2O4S/c1-21(17,18)16-8-5-14(6-9-16)10-12(11-19-14)20-13-4-2-3-7-15-13/h2-4,7,12H,5-6,8-11H2,1H3/t12-/m0/s1. The second-order valence-electron chi connectivity index (χ2n) is 5.77. The van der Waals surface area contributed by atoms with E-state index in [2.05, 4.69) is 4.98 Å². The predicted octanol–water partition coefficient (Wildman–Crippen LogP) is 1.04. The van der Waals surface area contributed by atoms with E-state index in [1.807, 2.05) is 18.2 Å². The van der Waals surface area contributed by atoms with Gasteiger partial charge in [-0.1, -0.05) is 6.07 Å². The Morgan fingerprint density at radius 3 is 2.76 bits per heavy atom. The van der Waals surface area contributed by atoms with Crippen LogP contribution in [0, 0.1) is 0 Å². The Morgan fingerprint density at radius 1 is 1.38 bits per heavy atom. The molecule has 0 amide bonds. The largest absolute Gasteiger partial charge is 0.472 e. The minimum Gasteiger partial charge on any atom is -0.472 e. The highest BCUT2D eigenvalue weighted by molar-refractivity contribution is 7.88. The van der Waals surface area contributed by atoms with Gasteiger partial charge in [-0.05, 0) is 18.9 Å². The van der Waals surface area contributed by atoms with Crippen LogP contribution in [0.25, 0.3) is 0 Å². The first-order chi connectivity index (χ1) is 9.97. The molecule has 2 fully saturated rings. The van der Waals surface area contributed by atoms with Gasteiger partial charge >= 0.3 is 0 Å². The van der Waals surface area contributed by atoms with Crippen molar-refractivity contribution in [2.45, 2.75) is 31.0 Å². The average molecular weight is 312 g/mol. The third-order valence-electron chi connectivity index (χ3n) is 4.20. The summed E-state index contributed by atoms with van der Waals surface area (Å²) in [6, 6.07) is 5.57. The lowest BCUT2D eigenvalue weighted by Crippen LogP contribution is -2.46. The molecule has 6 nitrogen and oxygen atoms in total. The molecule has 1 spiro atoms. The summed E-state index contributed by atoms with van der Waals surface area (Å²) in [7, 11) is -3.10. The lowest BCUT2D eigenvalue weighted by Gasteiger charge is -2.37. The summed E-state index contributed by atoms with van der Waals surface area (Å²) in [5, 5.41) is 0. The van der Waals surface area contributed by atoms with E-state index >= 15 is 0 Å². The summed E-state index contributed by atoms with van der Waals surface area (Å²) in [5.41, 5.74) is -0.235. The zero-order valence-electron chi connectivity index (χ0n) is 12.1. The summed E-state index contributed by atoms with van der Waals surface area (Å²) in [5.74, 6) is 0.608. The molecule has 2 aliphatic heterocycles. The maximum absolute atomic E-state index is 11.5. The summed E-state index contributed by atoms with van der Waals surface area (Å²) in [6.45, 7) is 1.58. The molecule has 21 heavy (non-hydrogen) atoms. The summed E-state index contributed by atoms with van der Waals surface area (Å²) in [6.07, 6.45) is 5.19. The molecule has 0 unspecified atom stereocenters. The zero-order chi connectivity index (χ0) is 14.9. The highest BCUT2D eigenvalue weighted by atomic mass is 32.2. The van der Waals surface area contributed by atoms with Gasteiger partial charge in [-0.15, -0.1) is 0 Å². The number of hydrogen-bond acceptors (Lipinski definition) is 5. The lowest BCUT2D eigenvalue weighted by atomic mass is 9.89. The molecule has 1 aromatic rings. The third kappa shape index (κ3) is 3.36. The molecule has 2 aliphatic rings. The van der Waals surface area contributed by atoms with Gasteiger partial charge in [0, 0.05) is 31.8 Å². The SMILES string of the molecule is CS(=O)(=O)N1CCC2(CC1)C[C@H](Oc1ccccn1)CO2. The van der Waals surface area contributed by atoms with Crippen LogP contribution in [0.3, 0.4) is 0 Å². The van der Waals surface area contributed by atoms with Gasteiger partial charge in [0.2, 0.25) is 15.9 Å². The molecule has 3 heterocycles. The van der Waals surface area contributed by atoms with Crippen molar-refractivity contribution >= 4 is 10.0 Å². The van der Waals surface area contributed by atoms with E-state index < -0.39 is 10.0 Å². The molecule has 0 aromatic carbocycles. The highest BCUT2D eigenvalue weighted by Crippen LogP contribution is 2.37. The van der Waals surface area contributed by atoms with E-state index in [4.69, 9.17) is 9.47 Å². The van der Waals surface area contributed by atoms with Crippen LogP contribution in [-0.2, 0) is 14.8 Å². The molecule has 0 saturated carbocycles. The van der Waals surface area contributed by atoms with E-state index in [1.54, 1.807) is 6.20 Å². The van der Waals surface area contributed by atoms with Gasteiger partial charge in [0.15, 0.2) is 0 Å². The Hall–Kier alpha value is -1.18. The number of aromatic nitrogens is 1. The van der Waals surface area contributed by atoms with Crippen LogP contribution in [0.1, 0.15) is 19.3 Å². The van der Waals surface area contributed by atoms with Crippen molar-refractivity contribution in [2.24, 2.45) is 0 Å². The Bertz CT molecular complexity index is 582. The average Bonchev–Trinajstić information content (AvgIpc) is 2.82. The fourth-order valence-corrected chi connectivity index (χ4v) is 3.89. The van der Waals surface area contributed by atoms with Gasteiger partial charge in [-0.25, -0.2) is 17.7 Å². The Kier molecular flexibility index (Phi) is 3.90. The number of rotatable bonds is 3. The maximum atomic E-state index is 11.5. The minimum absolute atomic E-state index is 0.00955. The van der Waals surface area contributed by atoms with Crippen molar-refractivity contribution in [3.05, 3.63) is 24.4 Å². The zero-order valence-corrected chi connectivity index (χ0v) is 12.9. The number of ether oxygens (including phenoxy) is 2. The van der Waals surface area contributed by atoms with Crippen LogP contribution in [-0.4, -0.2) is 55.4 Å². The van der Waals surface area contributed by atoms with Crippen molar-refractivity contribution < 1.29 is 17.9 Å². The van der Waals surface area contributed by atoms with Crippen molar-refractivity contribution in [3.63, 3.8) is 0 Å². The predicted molar refractivity (Wildman–Crippen MR) is 77.6 cm³/mol. The fourth-order valence-electron chi connectivity index (χ4n) is 3.04. The van der Waals surface area contributed by atoms with Crippen molar-refractivity contribution in [2.75, 3.05) is 26.0 Å². The van der Waals surface area contributed by atoms with E-state index in [-0.39, 0.29) is 11.7 Å². The normalized spacial score (nSPS) is 26.0. The molecule has 1 aromatic heterocycles. The first kappa shape index (κ1) is 14.7. The topological polar surface area (TPSA) is 68.7 Å². The molecule has 7 heteroatoms. The van der Waals surface area contributed by atoms with Gasteiger partial charge in [0.05, 0.1) is 18.5 Å². The van der Waals surface area contributed by atoms with Gasteiger partial charge in [0.25, 0.3) is 0 Å². The number of sulfonamides is 1. The molecular weight excluding hydrogens is 292 g/mol. The van der Waals surface area contributed by atoms with Crippen LogP contribution in [0.5, 0.6) is 5.88 Å². The lowest BCUT2D eigenvalue weighted by molar-refractivity contribution is -0.0319. The van der Waals surface area contributed by atoms with Crippen LogP contribution in [0.2, 0.25) is 0 Å². The molecule has 0 aliphatic carbocycles. The summed E-state index contributed by atoms with van der Waals surface area (Å²) in [4.78, 5) is 4.15. The van der Waals surface area contributed by atoms with Crippen LogP contribution in [0.15, 0.2) is 24.4 Å². The quantitative estimate of drug-likeness (QED) is 0.834. The number of hydrogen-bond donors (Lipinski definition) is 0. The van der Waals surface area contributed by atoms with Crippen LogP contribution >= 0.6 is 0 Å². The number of piperidine rings is 1. The number of nitrogens with zero attached hydrogens (tertiary/aromatic N) is 2. The molecule has 116 valence electrons. The molecule has 3 rings (SSSR count). The van der Waals surface area contributed by atoms with E-state index in [0.29, 0.717) is 25.6 Å². The second-order valence-corrected chi connectivity index (χ2v) is 7.75. The van der Waals surface area contributed by atoms with Crippen molar-refractivity contribution in [3.8, 4) is 5.88 Å². The van der Waals surface area contributed by atoms with Gasteiger partial charge < -0.3 is 9.47 Å². The van der Waals surface area contributed by atoms with Gasteiger partial charge in [-0.2, -0.15) is 0 Å². The summed E-state index contributed by atoms with van der Waals surface area (Å²) < 4.78 is 36.4. The molecular formula is C14H20N2O4S. The van der Waals surface area contributed by atoms with Gasteiger partial charge in [-0.3, -0.25) is 0 Å². The maximum Gasteiger partial charge on any atom is 0.213 e. The Labute approximate surface area is 125 Å². The van der Waals surface area contributed by atoms with Crippen LogP contribution < -0.4 is 4.74 Å². The molecule has 1 atom stereocenters. The summed E-state index contributed by atoms with van der Waals surface area (Å²) >= 11 is 0. The Morgan fingerprint density at radius 2 is 2.14 bits per heavy atom. The Balaban J connectivity index is 1.58. The molecule has 2 saturated heterocycles.